The SMILES string of the molecule is CN(C(=O)NC(CCO)C(=O)O)C1CCCC1. The van der Waals surface area contributed by atoms with E-state index in [1.54, 1.807) is 11.9 Å². The fourth-order valence-corrected chi connectivity index (χ4v) is 2.09. The summed E-state index contributed by atoms with van der Waals surface area (Å²) in [4.78, 5) is 24.2. The van der Waals surface area contributed by atoms with Crippen LogP contribution in [0.15, 0.2) is 0 Å². The molecule has 1 aliphatic carbocycles. The Morgan fingerprint density at radius 2 is 2.00 bits per heavy atom. The van der Waals surface area contributed by atoms with Gasteiger partial charge in [-0.05, 0) is 12.8 Å². The molecule has 98 valence electrons. The number of carboxylic acids is 1. The number of nitrogens with zero attached hydrogens (tertiary/aromatic N) is 1. The number of hydrogen-bond acceptors (Lipinski definition) is 3. The maximum atomic E-state index is 11.8. The van der Waals surface area contributed by atoms with Crippen LogP contribution in [-0.4, -0.2) is 52.9 Å². The maximum Gasteiger partial charge on any atom is 0.326 e. The second-order valence-corrected chi connectivity index (χ2v) is 4.40. The highest BCUT2D eigenvalue weighted by molar-refractivity contribution is 5.82. The van der Waals surface area contributed by atoms with Crippen LogP contribution in [0.3, 0.4) is 0 Å². The van der Waals surface area contributed by atoms with Crippen LogP contribution in [0.4, 0.5) is 4.79 Å². The fraction of sp³-hybridized carbons (Fsp3) is 0.818. The Labute approximate surface area is 101 Å². The van der Waals surface area contributed by atoms with Crippen LogP contribution >= 0.6 is 0 Å². The summed E-state index contributed by atoms with van der Waals surface area (Å²) in [6, 6.07) is -1.19. The molecule has 6 nitrogen and oxygen atoms in total. The van der Waals surface area contributed by atoms with Crippen molar-refractivity contribution in [2.45, 2.75) is 44.2 Å². The van der Waals surface area contributed by atoms with Gasteiger partial charge in [0.25, 0.3) is 0 Å². The molecule has 6 heteroatoms. The second-order valence-electron chi connectivity index (χ2n) is 4.40. The summed E-state index contributed by atoms with van der Waals surface area (Å²) in [7, 11) is 1.68. The highest BCUT2D eigenvalue weighted by atomic mass is 16.4. The average Bonchev–Trinajstić information content (AvgIpc) is 2.80. The van der Waals surface area contributed by atoms with Crippen molar-refractivity contribution in [2.24, 2.45) is 0 Å². The molecule has 0 bridgehead atoms. The first-order valence-electron chi connectivity index (χ1n) is 5.93. The van der Waals surface area contributed by atoms with Gasteiger partial charge in [0, 0.05) is 26.1 Å². The second kappa shape index (κ2) is 6.44. The monoisotopic (exact) mass is 244 g/mol. The molecule has 1 atom stereocenters. The fourth-order valence-electron chi connectivity index (χ4n) is 2.09. The lowest BCUT2D eigenvalue weighted by Gasteiger charge is -2.26. The molecule has 0 aromatic carbocycles. The number of amides is 2. The number of hydrogen-bond donors (Lipinski definition) is 3. The van der Waals surface area contributed by atoms with E-state index >= 15 is 0 Å². The van der Waals surface area contributed by atoms with E-state index in [1.165, 1.54) is 0 Å². The first-order valence-corrected chi connectivity index (χ1v) is 5.93. The highest BCUT2D eigenvalue weighted by Gasteiger charge is 2.26. The number of carboxylic acid groups (broad SMARTS) is 1. The maximum absolute atomic E-state index is 11.8. The van der Waals surface area contributed by atoms with Crippen molar-refractivity contribution in [1.29, 1.82) is 0 Å². The third-order valence-corrected chi connectivity index (χ3v) is 3.21. The number of carbonyl (C=O) groups excluding carboxylic acids is 1. The van der Waals surface area contributed by atoms with Gasteiger partial charge in [-0.25, -0.2) is 9.59 Å². The summed E-state index contributed by atoms with van der Waals surface area (Å²) in [5.74, 6) is -1.12. The zero-order valence-corrected chi connectivity index (χ0v) is 10.1. The summed E-state index contributed by atoms with van der Waals surface area (Å²) in [6.45, 7) is -0.260. The normalized spacial score (nSPS) is 17.8. The zero-order valence-electron chi connectivity index (χ0n) is 10.1. The van der Waals surface area contributed by atoms with E-state index in [1.807, 2.05) is 0 Å². The van der Waals surface area contributed by atoms with Crippen LogP contribution in [-0.2, 0) is 4.79 Å². The topological polar surface area (TPSA) is 89.9 Å². The molecule has 17 heavy (non-hydrogen) atoms. The van der Waals surface area contributed by atoms with Gasteiger partial charge >= 0.3 is 12.0 Å². The van der Waals surface area contributed by atoms with E-state index in [4.69, 9.17) is 10.2 Å². The van der Waals surface area contributed by atoms with Crippen molar-refractivity contribution in [2.75, 3.05) is 13.7 Å². The molecule has 1 saturated carbocycles. The first kappa shape index (κ1) is 13.8. The standard InChI is InChI=1S/C11H20N2O4/c1-13(8-4-2-3-5-8)11(17)12-9(6-7-14)10(15)16/h8-9,14H,2-7H2,1H3,(H,12,17)(H,15,16). The minimum Gasteiger partial charge on any atom is -0.480 e. The van der Waals surface area contributed by atoms with E-state index in [-0.39, 0.29) is 25.1 Å². The molecule has 0 aromatic heterocycles. The van der Waals surface area contributed by atoms with Gasteiger partial charge in [-0.15, -0.1) is 0 Å². The third kappa shape index (κ3) is 3.89. The van der Waals surface area contributed by atoms with Crippen molar-refractivity contribution in [3.63, 3.8) is 0 Å². The van der Waals surface area contributed by atoms with Crippen molar-refractivity contribution < 1.29 is 19.8 Å². The lowest BCUT2D eigenvalue weighted by molar-refractivity contribution is -0.139. The Hall–Kier alpha value is -1.30. The molecule has 0 saturated heterocycles. The molecular weight excluding hydrogens is 224 g/mol. The Bertz CT molecular complexity index is 277. The lowest BCUT2D eigenvalue weighted by Crippen LogP contribution is -2.49. The Morgan fingerprint density at radius 1 is 1.41 bits per heavy atom. The third-order valence-electron chi connectivity index (χ3n) is 3.21. The molecule has 0 spiro atoms. The quantitative estimate of drug-likeness (QED) is 0.653. The predicted octanol–water partition coefficient (Wildman–Crippen LogP) is 0.406. The molecule has 0 radical (unpaired) electrons. The first-order chi connectivity index (χ1) is 8.06. The summed E-state index contributed by atoms with van der Waals surface area (Å²) in [5.41, 5.74) is 0. The van der Waals surface area contributed by atoms with Crippen LogP contribution < -0.4 is 5.32 Å². The van der Waals surface area contributed by atoms with Gasteiger partial charge in [0.05, 0.1) is 0 Å². The smallest absolute Gasteiger partial charge is 0.326 e. The van der Waals surface area contributed by atoms with Gasteiger partial charge in [0.15, 0.2) is 0 Å². The largest absolute Gasteiger partial charge is 0.480 e. The predicted molar refractivity (Wildman–Crippen MR) is 61.7 cm³/mol. The van der Waals surface area contributed by atoms with Crippen LogP contribution in [0.25, 0.3) is 0 Å². The zero-order chi connectivity index (χ0) is 12.8. The summed E-state index contributed by atoms with van der Waals surface area (Å²) >= 11 is 0. The van der Waals surface area contributed by atoms with E-state index in [0.29, 0.717) is 0 Å². The van der Waals surface area contributed by atoms with Crippen LogP contribution in [0.5, 0.6) is 0 Å². The van der Waals surface area contributed by atoms with E-state index < -0.39 is 12.0 Å². The number of carbonyl (C=O) groups is 2. The molecule has 0 aliphatic heterocycles. The van der Waals surface area contributed by atoms with Crippen molar-refractivity contribution in [3.05, 3.63) is 0 Å². The van der Waals surface area contributed by atoms with Gasteiger partial charge in [-0.2, -0.15) is 0 Å². The summed E-state index contributed by atoms with van der Waals surface area (Å²) < 4.78 is 0. The molecule has 1 rings (SSSR count). The van der Waals surface area contributed by atoms with Crippen LogP contribution in [0.1, 0.15) is 32.1 Å². The molecule has 1 aliphatic rings. The Balaban J connectivity index is 2.47. The summed E-state index contributed by atoms with van der Waals surface area (Å²) in [6.07, 6.45) is 4.20. The van der Waals surface area contributed by atoms with Crippen molar-refractivity contribution in [1.82, 2.24) is 10.2 Å². The molecule has 3 N–H and O–H groups in total. The van der Waals surface area contributed by atoms with Gasteiger partial charge < -0.3 is 20.4 Å². The number of aliphatic hydroxyl groups excluding tert-OH is 1. The van der Waals surface area contributed by atoms with Gasteiger partial charge in [0.2, 0.25) is 0 Å². The number of aliphatic hydroxyl groups is 1. The molecule has 2 amide bonds. The minimum atomic E-state index is -1.12. The van der Waals surface area contributed by atoms with Crippen LogP contribution in [0.2, 0.25) is 0 Å². The summed E-state index contributed by atoms with van der Waals surface area (Å²) in [5, 5.41) is 20.0. The van der Waals surface area contributed by atoms with Crippen molar-refractivity contribution in [3.8, 4) is 0 Å². The van der Waals surface area contributed by atoms with Gasteiger partial charge in [0.1, 0.15) is 6.04 Å². The van der Waals surface area contributed by atoms with E-state index in [0.717, 1.165) is 25.7 Å². The van der Waals surface area contributed by atoms with E-state index in [9.17, 15) is 9.59 Å². The molecule has 0 heterocycles. The minimum absolute atomic E-state index is 0.0274. The number of urea groups is 1. The molecule has 1 fully saturated rings. The Kier molecular flexibility index (Phi) is 5.21. The van der Waals surface area contributed by atoms with Crippen LogP contribution in [0, 0.1) is 0 Å². The average molecular weight is 244 g/mol. The van der Waals surface area contributed by atoms with E-state index in [2.05, 4.69) is 5.32 Å². The Morgan fingerprint density at radius 3 is 2.47 bits per heavy atom. The van der Waals surface area contributed by atoms with Gasteiger partial charge in [-0.1, -0.05) is 12.8 Å². The highest BCUT2D eigenvalue weighted by Crippen LogP contribution is 2.22. The number of rotatable bonds is 5. The van der Waals surface area contributed by atoms with Crippen molar-refractivity contribution >= 4 is 12.0 Å². The molecular formula is C11H20N2O4. The lowest BCUT2D eigenvalue weighted by atomic mass is 10.2. The molecule has 1 unspecified atom stereocenters. The molecule has 0 aromatic rings. The number of aliphatic carboxylic acids is 1. The van der Waals surface area contributed by atoms with Gasteiger partial charge in [-0.3, -0.25) is 0 Å². The number of nitrogens with one attached hydrogen (secondary N) is 1.